The van der Waals surface area contributed by atoms with E-state index in [0.717, 1.165) is 37.3 Å². The normalized spacial score (nSPS) is 15.8. The molecule has 7 nitrogen and oxygen atoms in total. The maximum atomic E-state index is 10.3. The number of imidazole rings is 1. The van der Waals surface area contributed by atoms with Crippen LogP contribution < -0.4 is 4.90 Å². The molecule has 0 aliphatic carbocycles. The van der Waals surface area contributed by atoms with E-state index >= 15 is 0 Å². The van der Waals surface area contributed by atoms with Gasteiger partial charge in [0.25, 0.3) is 0 Å². The van der Waals surface area contributed by atoms with Gasteiger partial charge in [0, 0.05) is 25.2 Å². The number of aromatic hydroxyl groups is 1. The molecule has 26 heavy (non-hydrogen) atoms. The Morgan fingerprint density at radius 2 is 1.92 bits per heavy atom. The molecule has 2 N–H and O–H groups in total. The number of aromatic nitrogens is 4. The molecule has 0 amide bonds. The average Bonchev–Trinajstić information content (AvgIpc) is 2.91. The molecule has 1 aliphatic rings. The first-order chi connectivity index (χ1) is 12.4. The molecule has 1 saturated heterocycles. The van der Waals surface area contributed by atoms with Gasteiger partial charge in [-0.3, -0.25) is 0 Å². The van der Waals surface area contributed by atoms with E-state index in [2.05, 4.69) is 19.9 Å². The van der Waals surface area contributed by atoms with Gasteiger partial charge < -0.3 is 19.7 Å². The third kappa shape index (κ3) is 2.87. The lowest BCUT2D eigenvalue weighted by atomic mass is 10.1. The Morgan fingerprint density at radius 1 is 1.19 bits per heavy atom. The van der Waals surface area contributed by atoms with Crippen LogP contribution in [0.2, 0.25) is 5.02 Å². The van der Waals surface area contributed by atoms with Crippen LogP contribution in [0, 0.1) is 6.92 Å². The minimum Gasteiger partial charge on any atom is -0.507 e. The summed E-state index contributed by atoms with van der Waals surface area (Å²) in [4.78, 5) is 15.9. The second-order valence-corrected chi connectivity index (χ2v) is 7.14. The highest BCUT2D eigenvalue weighted by atomic mass is 35.5. The summed E-state index contributed by atoms with van der Waals surface area (Å²) in [7, 11) is 1.85. The number of aryl methyl sites for hydroxylation is 2. The third-order valence-corrected chi connectivity index (χ3v) is 5.08. The predicted octanol–water partition coefficient (Wildman–Crippen LogP) is 2.66. The first kappa shape index (κ1) is 17.1. The number of aliphatic hydroxyl groups is 1. The van der Waals surface area contributed by atoms with Gasteiger partial charge >= 0.3 is 0 Å². The van der Waals surface area contributed by atoms with Crippen molar-refractivity contribution < 1.29 is 10.2 Å². The first-order valence-corrected chi connectivity index (χ1v) is 8.94. The second-order valence-electron chi connectivity index (χ2n) is 6.70. The van der Waals surface area contributed by atoms with Crippen LogP contribution in [0.15, 0.2) is 18.3 Å². The zero-order chi connectivity index (χ0) is 18.4. The van der Waals surface area contributed by atoms with Crippen LogP contribution in [0.3, 0.4) is 0 Å². The highest BCUT2D eigenvalue weighted by Gasteiger charge is 2.21. The van der Waals surface area contributed by atoms with Gasteiger partial charge in [0.1, 0.15) is 17.4 Å². The van der Waals surface area contributed by atoms with Crippen LogP contribution in [0.25, 0.3) is 22.7 Å². The van der Waals surface area contributed by atoms with Crippen molar-refractivity contribution in [1.29, 1.82) is 0 Å². The lowest BCUT2D eigenvalue weighted by molar-refractivity contribution is 0.145. The number of rotatable bonds is 2. The minimum absolute atomic E-state index is 0.0821. The fourth-order valence-electron chi connectivity index (χ4n) is 3.44. The van der Waals surface area contributed by atoms with Crippen LogP contribution in [-0.2, 0) is 7.05 Å². The maximum absolute atomic E-state index is 10.3. The minimum atomic E-state index is -0.236. The summed E-state index contributed by atoms with van der Waals surface area (Å²) >= 11 is 6.01. The van der Waals surface area contributed by atoms with E-state index in [9.17, 15) is 10.2 Å². The summed E-state index contributed by atoms with van der Waals surface area (Å²) < 4.78 is 1.82. The highest BCUT2D eigenvalue weighted by molar-refractivity contribution is 6.31. The Morgan fingerprint density at radius 3 is 2.62 bits per heavy atom. The summed E-state index contributed by atoms with van der Waals surface area (Å²) in [5.74, 6) is 1.43. The molecule has 0 bridgehead atoms. The molecule has 2 aromatic heterocycles. The number of nitrogens with zero attached hydrogens (tertiary/aromatic N) is 5. The number of phenolic OH excluding ortho intramolecular Hbond substituents is 1. The zero-order valence-electron chi connectivity index (χ0n) is 14.6. The Labute approximate surface area is 155 Å². The van der Waals surface area contributed by atoms with Crippen molar-refractivity contribution in [2.45, 2.75) is 25.9 Å². The Bertz CT molecular complexity index is 956. The molecule has 0 saturated carbocycles. The number of anilines is 1. The fourth-order valence-corrected chi connectivity index (χ4v) is 3.71. The third-order valence-electron chi connectivity index (χ3n) is 4.86. The smallest absolute Gasteiger partial charge is 0.200 e. The van der Waals surface area contributed by atoms with E-state index in [1.165, 1.54) is 6.07 Å². The number of halogens is 1. The van der Waals surface area contributed by atoms with Crippen LogP contribution in [0.4, 0.5) is 5.82 Å². The van der Waals surface area contributed by atoms with E-state index in [1.807, 2.05) is 18.5 Å². The van der Waals surface area contributed by atoms with Gasteiger partial charge in [0.15, 0.2) is 11.3 Å². The SMILES string of the molecule is Cc1cc(Cl)cc(O)c1-c1nc2nc(N3CCC(O)CC3)cnc2n1C. The van der Waals surface area contributed by atoms with Gasteiger partial charge in [-0.1, -0.05) is 11.6 Å². The maximum Gasteiger partial charge on any atom is 0.200 e. The summed E-state index contributed by atoms with van der Waals surface area (Å²) in [5.41, 5.74) is 2.63. The van der Waals surface area contributed by atoms with Crippen molar-refractivity contribution in [1.82, 2.24) is 19.5 Å². The van der Waals surface area contributed by atoms with Crippen molar-refractivity contribution in [3.63, 3.8) is 0 Å². The Kier molecular flexibility index (Phi) is 4.20. The lowest BCUT2D eigenvalue weighted by Gasteiger charge is -2.30. The number of piperidine rings is 1. The molecule has 3 heterocycles. The van der Waals surface area contributed by atoms with E-state index in [-0.39, 0.29) is 11.9 Å². The molecule has 0 atom stereocenters. The Balaban J connectivity index is 1.78. The molecule has 8 heteroatoms. The highest BCUT2D eigenvalue weighted by Crippen LogP contribution is 2.35. The molecular weight excluding hydrogens is 354 g/mol. The molecule has 0 spiro atoms. The number of aliphatic hydroxyl groups excluding tert-OH is 1. The molecule has 3 aromatic rings. The first-order valence-electron chi connectivity index (χ1n) is 8.56. The largest absolute Gasteiger partial charge is 0.507 e. The van der Waals surface area contributed by atoms with Crippen LogP contribution in [0.5, 0.6) is 5.75 Å². The van der Waals surface area contributed by atoms with Gasteiger partial charge in [0.2, 0.25) is 0 Å². The number of benzene rings is 1. The van der Waals surface area contributed by atoms with Crippen molar-refractivity contribution in [2.24, 2.45) is 7.05 Å². The number of hydrogen-bond donors (Lipinski definition) is 2. The van der Waals surface area contributed by atoms with Gasteiger partial charge in [-0.15, -0.1) is 0 Å². The molecule has 1 aromatic carbocycles. The number of phenols is 1. The van der Waals surface area contributed by atoms with Gasteiger partial charge in [-0.25, -0.2) is 15.0 Å². The van der Waals surface area contributed by atoms with Crippen LogP contribution >= 0.6 is 11.6 Å². The molecule has 0 unspecified atom stereocenters. The zero-order valence-corrected chi connectivity index (χ0v) is 15.4. The predicted molar refractivity (Wildman–Crippen MR) is 101 cm³/mol. The van der Waals surface area contributed by atoms with E-state index in [4.69, 9.17) is 11.6 Å². The standard InChI is InChI=1S/C18H20ClN5O2/c1-10-7-11(19)8-13(26)15(10)17-22-16-18(23(17)2)20-9-14(21-16)24-5-3-12(25)4-6-24/h7-9,12,25-26H,3-6H2,1-2H3. The van der Waals surface area contributed by atoms with E-state index in [1.54, 1.807) is 12.3 Å². The van der Waals surface area contributed by atoms with Gasteiger partial charge in [-0.05, 0) is 37.5 Å². The van der Waals surface area contributed by atoms with Crippen molar-refractivity contribution in [3.8, 4) is 17.1 Å². The summed E-state index contributed by atoms with van der Waals surface area (Å²) in [6, 6.07) is 3.30. The monoisotopic (exact) mass is 373 g/mol. The van der Waals surface area contributed by atoms with E-state index in [0.29, 0.717) is 27.7 Å². The molecular formula is C18H20ClN5O2. The Hall–Kier alpha value is -2.38. The number of hydrogen-bond acceptors (Lipinski definition) is 6. The van der Waals surface area contributed by atoms with Crippen molar-refractivity contribution in [2.75, 3.05) is 18.0 Å². The molecule has 1 aliphatic heterocycles. The summed E-state index contributed by atoms with van der Waals surface area (Å²) in [5, 5.41) is 20.5. The van der Waals surface area contributed by atoms with Gasteiger partial charge in [-0.2, -0.15) is 0 Å². The second kappa shape index (κ2) is 6.41. The topological polar surface area (TPSA) is 87.3 Å². The van der Waals surface area contributed by atoms with Crippen molar-refractivity contribution in [3.05, 3.63) is 28.9 Å². The van der Waals surface area contributed by atoms with Crippen molar-refractivity contribution >= 4 is 28.7 Å². The molecule has 4 rings (SSSR count). The summed E-state index contributed by atoms with van der Waals surface area (Å²) in [6.07, 6.45) is 2.95. The van der Waals surface area contributed by atoms with E-state index < -0.39 is 0 Å². The molecule has 1 fully saturated rings. The summed E-state index contributed by atoms with van der Waals surface area (Å²) in [6.45, 7) is 3.38. The van der Waals surface area contributed by atoms with Crippen LogP contribution in [0.1, 0.15) is 18.4 Å². The van der Waals surface area contributed by atoms with Gasteiger partial charge in [0.05, 0.1) is 17.9 Å². The molecule has 0 radical (unpaired) electrons. The fraction of sp³-hybridized carbons (Fsp3) is 0.389. The number of fused-ring (bicyclic) bond motifs is 1. The average molecular weight is 374 g/mol. The molecule has 136 valence electrons. The van der Waals surface area contributed by atoms with Crippen LogP contribution in [-0.4, -0.2) is 48.9 Å². The lowest BCUT2D eigenvalue weighted by Crippen LogP contribution is -2.36. The quantitative estimate of drug-likeness (QED) is 0.718.